The van der Waals surface area contributed by atoms with Crippen molar-refractivity contribution in [1.29, 1.82) is 0 Å². The molecule has 28 heavy (non-hydrogen) atoms. The number of esters is 1. The summed E-state index contributed by atoms with van der Waals surface area (Å²) in [5, 5.41) is 3.54. The second kappa shape index (κ2) is 8.27. The molecule has 6 nitrogen and oxygen atoms in total. The molecule has 1 unspecified atom stereocenters. The number of halogens is 1. The number of hydrogen-bond donors (Lipinski definition) is 1. The number of hydrogen-bond acceptors (Lipinski definition) is 5. The molecule has 3 aromatic rings. The van der Waals surface area contributed by atoms with E-state index in [1.165, 1.54) is 12.1 Å². The second-order valence-electron chi connectivity index (χ2n) is 6.30. The Morgan fingerprint density at radius 3 is 2.61 bits per heavy atom. The highest BCUT2D eigenvalue weighted by Crippen LogP contribution is 2.23. The van der Waals surface area contributed by atoms with Crippen molar-refractivity contribution in [3.05, 3.63) is 75.1 Å². The van der Waals surface area contributed by atoms with E-state index in [1.54, 1.807) is 36.4 Å². The molecule has 0 radical (unpaired) electrons. The smallest absolute Gasteiger partial charge is 0.349 e. The van der Waals surface area contributed by atoms with Crippen LogP contribution in [0.15, 0.2) is 57.7 Å². The van der Waals surface area contributed by atoms with Gasteiger partial charge in [-0.1, -0.05) is 30.7 Å². The van der Waals surface area contributed by atoms with Crippen molar-refractivity contribution in [2.45, 2.75) is 26.3 Å². The predicted octanol–water partition coefficient (Wildman–Crippen LogP) is 4.19. The molecule has 0 bridgehead atoms. The van der Waals surface area contributed by atoms with Crippen molar-refractivity contribution in [2.24, 2.45) is 0 Å². The molecular weight excluding hydrogens is 382 g/mol. The topological polar surface area (TPSA) is 85.6 Å². The van der Waals surface area contributed by atoms with Crippen LogP contribution in [-0.4, -0.2) is 17.9 Å². The first-order valence-corrected chi connectivity index (χ1v) is 9.12. The lowest BCUT2D eigenvalue weighted by atomic mass is 10.1. The number of nitrogens with one attached hydrogen (secondary N) is 1. The van der Waals surface area contributed by atoms with E-state index in [4.69, 9.17) is 20.8 Å². The Bertz CT molecular complexity index is 1110. The van der Waals surface area contributed by atoms with E-state index >= 15 is 0 Å². The standard InChI is InChI=1S/C21H18ClNO5/c1-3-12(2)23-19(24)16-10-13-8-9-14(11-18(13)28-21(16)26)27-20(25)15-6-4-5-7-17(15)22/h4-12H,3H2,1-2H3,(H,23,24). The number of ether oxygens (including phenoxy) is 1. The van der Waals surface area contributed by atoms with Gasteiger partial charge < -0.3 is 14.5 Å². The van der Waals surface area contributed by atoms with Gasteiger partial charge in [0.15, 0.2) is 0 Å². The van der Waals surface area contributed by atoms with Crippen molar-refractivity contribution >= 4 is 34.4 Å². The van der Waals surface area contributed by atoms with Gasteiger partial charge in [-0.3, -0.25) is 4.79 Å². The van der Waals surface area contributed by atoms with Gasteiger partial charge in [0.1, 0.15) is 16.9 Å². The molecule has 0 saturated heterocycles. The third-order valence-corrected chi connectivity index (χ3v) is 4.58. The SMILES string of the molecule is CCC(C)NC(=O)c1cc2ccc(OC(=O)c3ccccc3Cl)cc2oc1=O. The van der Waals surface area contributed by atoms with Gasteiger partial charge in [0.05, 0.1) is 10.6 Å². The molecule has 3 rings (SSSR count). The van der Waals surface area contributed by atoms with Crippen molar-refractivity contribution in [3.8, 4) is 5.75 Å². The molecule has 0 aliphatic rings. The highest BCUT2D eigenvalue weighted by atomic mass is 35.5. The summed E-state index contributed by atoms with van der Waals surface area (Å²) >= 11 is 6.00. The quantitative estimate of drug-likeness (QED) is 0.395. The molecule has 144 valence electrons. The summed E-state index contributed by atoms with van der Waals surface area (Å²) in [6.45, 7) is 3.78. The zero-order valence-corrected chi connectivity index (χ0v) is 16.1. The van der Waals surface area contributed by atoms with Crippen LogP contribution >= 0.6 is 11.6 Å². The molecule has 0 spiro atoms. The van der Waals surface area contributed by atoms with Gasteiger partial charge in [-0.05, 0) is 43.7 Å². The number of benzene rings is 2. The summed E-state index contributed by atoms with van der Waals surface area (Å²) < 4.78 is 10.6. The fourth-order valence-electron chi connectivity index (χ4n) is 2.51. The molecular formula is C21H18ClNO5. The van der Waals surface area contributed by atoms with Gasteiger partial charge in [0, 0.05) is 17.5 Å². The van der Waals surface area contributed by atoms with Crippen LogP contribution in [0.5, 0.6) is 5.75 Å². The van der Waals surface area contributed by atoms with Crippen molar-refractivity contribution in [1.82, 2.24) is 5.32 Å². The first-order chi connectivity index (χ1) is 13.4. The van der Waals surface area contributed by atoms with Gasteiger partial charge in [-0.15, -0.1) is 0 Å². The lowest BCUT2D eigenvalue weighted by molar-refractivity contribution is 0.0735. The minimum atomic E-state index is -0.761. The minimum absolute atomic E-state index is 0.0609. The second-order valence-corrected chi connectivity index (χ2v) is 6.71. The summed E-state index contributed by atoms with van der Waals surface area (Å²) in [4.78, 5) is 36.7. The molecule has 1 amide bonds. The first kappa shape index (κ1) is 19.6. The molecule has 1 aromatic heterocycles. The van der Waals surface area contributed by atoms with Gasteiger partial charge in [-0.25, -0.2) is 9.59 Å². The summed E-state index contributed by atoms with van der Waals surface area (Å²) in [6, 6.07) is 12.5. The van der Waals surface area contributed by atoms with E-state index in [0.29, 0.717) is 5.39 Å². The van der Waals surface area contributed by atoms with Crippen LogP contribution < -0.4 is 15.7 Å². The third-order valence-electron chi connectivity index (χ3n) is 4.25. The Kier molecular flexibility index (Phi) is 5.80. The maximum atomic E-state index is 12.3. The molecule has 0 fully saturated rings. The monoisotopic (exact) mass is 399 g/mol. The molecule has 1 atom stereocenters. The number of fused-ring (bicyclic) bond motifs is 1. The number of amides is 1. The summed E-state index contributed by atoms with van der Waals surface area (Å²) in [7, 11) is 0. The normalized spacial score (nSPS) is 11.8. The van der Waals surface area contributed by atoms with Crippen molar-refractivity contribution in [3.63, 3.8) is 0 Å². The van der Waals surface area contributed by atoms with Gasteiger partial charge in [0.25, 0.3) is 5.91 Å². The number of carbonyl (C=O) groups is 2. The third kappa shape index (κ3) is 4.23. The lowest BCUT2D eigenvalue weighted by Crippen LogP contribution is -2.34. The van der Waals surface area contributed by atoms with Gasteiger partial charge >= 0.3 is 11.6 Å². The maximum Gasteiger partial charge on any atom is 0.349 e. The number of carbonyl (C=O) groups excluding carboxylic acids is 2. The molecule has 0 aliphatic carbocycles. The highest BCUT2D eigenvalue weighted by molar-refractivity contribution is 6.33. The highest BCUT2D eigenvalue weighted by Gasteiger charge is 2.17. The Morgan fingerprint density at radius 2 is 1.89 bits per heavy atom. The Morgan fingerprint density at radius 1 is 1.14 bits per heavy atom. The van der Waals surface area contributed by atoms with Crippen LogP contribution in [0.3, 0.4) is 0 Å². The molecule has 2 aromatic carbocycles. The van der Waals surface area contributed by atoms with Crippen LogP contribution in [0.1, 0.15) is 41.0 Å². The predicted molar refractivity (Wildman–Crippen MR) is 106 cm³/mol. The van der Waals surface area contributed by atoms with E-state index in [2.05, 4.69) is 5.32 Å². The van der Waals surface area contributed by atoms with E-state index < -0.39 is 17.5 Å². The van der Waals surface area contributed by atoms with Crippen molar-refractivity contribution < 1.29 is 18.7 Å². The fraction of sp³-hybridized carbons (Fsp3) is 0.190. The molecule has 1 heterocycles. The van der Waals surface area contributed by atoms with E-state index in [-0.39, 0.29) is 33.5 Å². The summed E-state index contributed by atoms with van der Waals surface area (Å²) in [6.07, 6.45) is 0.741. The number of rotatable bonds is 5. The first-order valence-electron chi connectivity index (χ1n) is 8.74. The minimum Gasteiger partial charge on any atom is -0.423 e. The summed E-state index contributed by atoms with van der Waals surface area (Å²) in [5.41, 5.74) is -0.408. The van der Waals surface area contributed by atoms with Crippen molar-refractivity contribution in [2.75, 3.05) is 0 Å². The van der Waals surface area contributed by atoms with Gasteiger partial charge in [-0.2, -0.15) is 0 Å². The largest absolute Gasteiger partial charge is 0.423 e. The average molecular weight is 400 g/mol. The maximum absolute atomic E-state index is 12.3. The molecule has 7 heteroatoms. The zero-order valence-electron chi connectivity index (χ0n) is 15.3. The fourth-order valence-corrected chi connectivity index (χ4v) is 2.72. The zero-order chi connectivity index (χ0) is 20.3. The Labute approximate surface area is 166 Å². The Hall–Kier alpha value is -3.12. The van der Waals surface area contributed by atoms with Crippen LogP contribution in [-0.2, 0) is 0 Å². The van der Waals surface area contributed by atoms with Gasteiger partial charge in [0.2, 0.25) is 0 Å². The molecule has 0 aliphatic heterocycles. The Balaban J connectivity index is 1.87. The van der Waals surface area contributed by atoms with E-state index in [0.717, 1.165) is 6.42 Å². The molecule has 1 N–H and O–H groups in total. The van der Waals surface area contributed by atoms with E-state index in [9.17, 15) is 14.4 Å². The lowest BCUT2D eigenvalue weighted by Gasteiger charge is -2.11. The average Bonchev–Trinajstić information content (AvgIpc) is 2.67. The molecule has 0 saturated carbocycles. The van der Waals surface area contributed by atoms with E-state index in [1.807, 2.05) is 13.8 Å². The summed E-state index contributed by atoms with van der Waals surface area (Å²) in [5.74, 6) is -0.923. The van der Waals surface area contributed by atoms with Crippen LogP contribution in [0, 0.1) is 0 Å². The van der Waals surface area contributed by atoms with Crippen LogP contribution in [0.25, 0.3) is 11.0 Å². The van der Waals surface area contributed by atoms with Crippen LogP contribution in [0.4, 0.5) is 0 Å². The van der Waals surface area contributed by atoms with Crippen LogP contribution in [0.2, 0.25) is 5.02 Å².